The van der Waals surface area contributed by atoms with Gasteiger partial charge in [-0.25, -0.2) is 36.1 Å². The molecule has 0 saturated heterocycles. The summed E-state index contributed by atoms with van der Waals surface area (Å²) in [5.74, 6) is 0.0212. The molecule has 0 radical (unpaired) electrons. The van der Waals surface area contributed by atoms with Gasteiger partial charge in [-0.15, -0.1) is 0 Å². The second-order valence-electron chi connectivity index (χ2n) is 5.03. The van der Waals surface area contributed by atoms with E-state index in [4.69, 9.17) is 9.47 Å². The second-order valence-corrected chi connectivity index (χ2v) is 5.03. The summed E-state index contributed by atoms with van der Waals surface area (Å²) in [6.07, 6.45) is -1.97. The van der Waals surface area contributed by atoms with E-state index in [-0.39, 0.29) is 18.0 Å². The molecule has 0 bridgehead atoms. The fraction of sp³-hybridized carbons (Fsp3) is 0.0625. The van der Waals surface area contributed by atoms with Crippen LogP contribution in [0.25, 0.3) is 0 Å². The zero-order valence-corrected chi connectivity index (χ0v) is 14.2. The van der Waals surface area contributed by atoms with E-state index >= 15 is 0 Å². The minimum atomic E-state index is -1.06. The van der Waals surface area contributed by atoms with Gasteiger partial charge in [-0.3, -0.25) is 10.1 Å². The monoisotopic (exact) mass is 389 g/mol. The maximum Gasteiger partial charge on any atom is 0.431 e. The average Bonchev–Trinajstić information content (AvgIpc) is 2.70. The summed E-state index contributed by atoms with van der Waals surface area (Å²) < 4.78 is 9.64. The predicted octanol–water partition coefficient (Wildman–Crippen LogP) is 1.74. The second kappa shape index (κ2) is 9.96. The highest BCUT2D eigenvalue weighted by molar-refractivity contribution is 5.80. The number of nitro groups is 1. The van der Waals surface area contributed by atoms with Crippen LogP contribution in [0.15, 0.2) is 54.6 Å². The summed E-state index contributed by atoms with van der Waals surface area (Å²) in [6, 6.07) is 12.6. The topological polar surface area (TPSA) is 161 Å². The Morgan fingerprint density at radius 3 is 2.07 bits per heavy atom. The third kappa shape index (κ3) is 6.87. The van der Waals surface area contributed by atoms with E-state index in [1.54, 1.807) is 24.3 Å². The summed E-state index contributed by atoms with van der Waals surface area (Å²) in [6.45, 7) is 0.00971. The maximum absolute atomic E-state index is 11.5. The van der Waals surface area contributed by atoms with Crippen molar-refractivity contribution in [2.24, 2.45) is 0 Å². The van der Waals surface area contributed by atoms with Crippen molar-refractivity contribution in [1.29, 1.82) is 0 Å². The number of carbonyl (C=O) groups excluding carboxylic acids is 3. The van der Waals surface area contributed by atoms with Crippen molar-refractivity contribution in [3.8, 4) is 5.75 Å². The molecule has 0 fully saturated rings. The number of nitrogens with zero attached hydrogens (tertiary/aromatic N) is 1. The standard InChI is InChI=1S/C16H15N5O7/c22-14(17-19-15(23)27-10-11-4-2-1-3-5-11)18-20-16(24)28-13-8-6-12(7-9-13)21(25)26/h1-9H,10H2,(H,19,23)(H,20,24)(H2,17,18,22). The van der Waals surface area contributed by atoms with Crippen LogP contribution in [-0.2, 0) is 11.3 Å². The molecule has 2 aromatic carbocycles. The van der Waals surface area contributed by atoms with Gasteiger partial charge in [0.15, 0.2) is 0 Å². The minimum Gasteiger partial charge on any atom is -0.443 e. The van der Waals surface area contributed by atoms with Crippen molar-refractivity contribution in [3.05, 3.63) is 70.3 Å². The zero-order valence-electron chi connectivity index (χ0n) is 14.2. The van der Waals surface area contributed by atoms with Gasteiger partial charge in [0, 0.05) is 12.1 Å². The first-order valence-electron chi connectivity index (χ1n) is 7.69. The van der Waals surface area contributed by atoms with Crippen LogP contribution >= 0.6 is 0 Å². The van der Waals surface area contributed by atoms with Crippen molar-refractivity contribution in [1.82, 2.24) is 21.7 Å². The zero-order chi connectivity index (χ0) is 20.4. The van der Waals surface area contributed by atoms with Crippen LogP contribution in [0.1, 0.15) is 5.56 Å². The van der Waals surface area contributed by atoms with Crippen molar-refractivity contribution < 1.29 is 28.8 Å². The fourth-order valence-electron chi connectivity index (χ4n) is 1.77. The number of carbonyl (C=O) groups is 3. The number of nitrogens with one attached hydrogen (secondary N) is 4. The number of hydrogen-bond acceptors (Lipinski definition) is 7. The van der Waals surface area contributed by atoms with Crippen molar-refractivity contribution in [2.75, 3.05) is 0 Å². The van der Waals surface area contributed by atoms with E-state index < -0.39 is 23.1 Å². The predicted molar refractivity (Wildman–Crippen MR) is 93.7 cm³/mol. The number of urea groups is 1. The molecule has 28 heavy (non-hydrogen) atoms. The number of amides is 4. The first-order chi connectivity index (χ1) is 13.4. The molecule has 2 aromatic rings. The molecule has 0 spiro atoms. The minimum absolute atomic E-state index is 0.00971. The highest BCUT2D eigenvalue weighted by Gasteiger charge is 2.10. The van der Waals surface area contributed by atoms with E-state index in [1.165, 1.54) is 12.1 Å². The quantitative estimate of drug-likeness (QED) is 0.457. The molecule has 0 aliphatic rings. The average molecular weight is 389 g/mol. The summed E-state index contributed by atoms with van der Waals surface area (Å²) in [4.78, 5) is 44.3. The Balaban J connectivity index is 1.63. The molecule has 0 aliphatic carbocycles. The molecule has 0 unspecified atom stereocenters. The SMILES string of the molecule is O=C(NNC(=O)OCc1ccccc1)NNC(=O)Oc1ccc([N+](=O)[O-])cc1. The lowest BCUT2D eigenvalue weighted by atomic mass is 10.2. The Morgan fingerprint density at radius 1 is 0.857 bits per heavy atom. The van der Waals surface area contributed by atoms with E-state index in [0.717, 1.165) is 17.7 Å². The van der Waals surface area contributed by atoms with E-state index in [9.17, 15) is 24.5 Å². The van der Waals surface area contributed by atoms with Crippen LogP contribution in [0.3, 0.4) is 0 Å². The molecule has 0 atom stereocenters. The van der Waals surface area contributed by atoms with Gasteiger partial charge < -0.3 is 9.47 Å². The molecule has 146 valence electrons. The van der Waals surface area contributed by atoms with Gasteiger partial charge in [-0.1, -0.05) is 30.3 Å². The fourth-order valence-corrected chi connectivity index (χ4v) is 1.77. The maximum atomic E-state index is 11.5. The summed E-state index contributed by atoms with van der Waals surface area (Å²) >= 11 is 0. The van der Waals surface area contributed by atoms with E-state index in [0.29, 0.717) is 0 Å². The Hall–Kier alpha value is -4.35. The van der Waals surface area contributed by atoms with Crippen molar-refractivity contribution in [3.63, 3.8) is 0 Å². The number of benzene rings is 2. The van der Waals surface area contributed by atoms with Gasteiger partial charge in [0.25, 0.3) is 5.69 Å². The van der Waals surface area contributed by atoms with Crippen LogP contribution in [0.2, 0.25) is 0 Å². The largest absolute Gasteiger partial charge is 0.443 e. The Kier molecular flexibility index (Phi) is 7.10. The van der Waals surface area contributed by atoms with Crippen molar-refractivity contribution in [2.45, 2.75) is 6.61 Å². The van der Waals surface area contributed by atoms with Gasteiger partial charge in [0.1, 0.15) is 12.4 Å². The van der Waals surface area contributed by atoms with Crippen molar-refractivity contribution >= 4 is 23.9 Å². The van der Waals surface area contributed by atoms with Crippen LogP contribution in [-0.4, -0.2) is 23.1 Å². The normalized spacial score (nSPS) is 9.57. The third-order valence-electron chi connectivity index (χ3n) is 3.03. The number of hydrazine groups is 2. The van der Waals surface area contributed by atoms with Gasteiger partial charge in [0.05, 0.1) is 4.92 Å². The first kappa shape index (κ1) is 20.0. The lowest BCUT2D eigenvalue weighted by molar-refractivity contribution is -0.384. The summed E-state index contributed by atoms with van der Waals surface area (Å²) in [7, 11) is 0. The Morgan fingerprint density at radius 2 is 1.46 bits per heavy atom. The molecule has 0 aromatic heterocycles. The molecule has 12 heteroatoms. The molecule has 12 nitrogen and oxygen atoms in total. The lowest BCUT2D eigenvalue weighted by Crippen LogP contribution is -2.53. The third-order valence-corrected chi connectivity index (χ3v) is 3.03. The van der Waals surface area contributed by atoms with Crippen LogP contribution in [0, 0.1) is 10.1 Å². The van der Waals surface area contributed by atoms with Crippen LogP contribution in [0.4, 0.5) is 20.1 Å². The molecule has 0 aliphatic heterocycles. The smallest absolute Gasteiger partial charge is 0.431 e. The molecule has 4 amide bonds. The van der Waals surface area contributed by atoms with Gasteiger partial charge in [0.2, 0.25) is 0 Å². The highest BCUT2D eigenvalue weighted by Crippen LogP contribution is 2.17. The number of rotatable bonds is 4. The summed E-state index contributed by atoms with van der Waals surface area (Å²) in [5.41, 5.74) is 8.30. The molecule has 2 rings (SSSR count). The molecule has 0 saturated carbocycles. The van der Waals surface area contributed by atoms with Crippen LogP contribution in [0.5, 0.6) is 5.75 Å². The molecular weight excluding hydrogens is 374 g/mol. The van der Waals surface area contributed by atoms with Crippen LogP contribution < -0.4 is 26.4 Å². The highest BCUT2D eigenvalue weighted by atomic mass is 16.6. The van der Waals surface area contributed by atoms with E-state index in [1.807, 2.05) is 27.8 Å². The van der Waals surface area contributed by atoms with E-state index in [2.05, 4.69) is 0 Å². The van der Waals surface area contributed by atoms with Gasteiger partial charge in [-0.05, 0) is 17.7 Å². The first-order valence-corrected chi connectivity index (χ1v) is 7.69. The lowest BCUT2D eigenvalue weighted by Gasteiger charge is -2.10. The Labute approximate surface area is 157 Å². The molecule has 0 heterocycles. The number of non-ortho nitro benzene ring substituents is 1. The van der Waals surface area contributed by atoms with Gasteiger partial charge in [-0.2, -0.15) is 0 Å². The molecule has 4 N–H and O–H groups in total. The number of nitro benzene ring substituents is 1. The number of ether oxygens (including phenoxy) is 2. The van der Waals surface area contributed by atoms with Gasteiger partial charge >= 0.3 is 18.2 Å². The number of hydrogen-bond donors (Lipinski definition) is 4. The molecular formula is C16H15N5O7. The Bertz CT molecular complexity index is 842. The summed E-state index contributed by atoms with van der Waals surface area (Å²) in [5, 5.41) is 10.5.